The van der Waals surface area contributed by atoms with E-state index in [1.807, 2.05) is 33.2 Å². The molecule has 3 aromatic rings. The lowest BCUT2D eigenvalue weighted by Crippen LogP contribution is -2.30. The smallest absolute Gasteiger partial charge is 0.339 e. The summed E-state index contributed by atoms with van der Waals surface area (Å²) in [6.07, 6.45) is 3.60. The molecule has 7 nitrogen and oxygen atoms in total. The van der Waals surface area contributed by atoms with E-state index in [0.717, 1.165) is 22.1 Å². The van der Waals surface area contributed by atoms with Crippen molar-refractivity contribution in [2.24, 2.45) is 7.05 Å². The van der Waals surface area contributed by atoms with Gasteiger partial charge in [-0.1, -0.05) is 0 Å². The molecular formula is C20H23N3O4. The van der Waals surface area contributed by atoms with Crippen LogP contribution in [0.2, 0.25) is 0 Å². The summed E-state index contributed by atoms with van der Waals surface area (Å²) in [5, 5.41) is 4.83. The Morgan fingerprint density at radius 3 is 2.67 bits per heavy atom. The van der Waals surface area contributed by atoms with Gasteiger partial charge in [0.05, 0.1) is 11.6 Å². The van der Waals surface area contributed by atoms with Gasteiger partial charge in [-0.3, -0.25) is 9.48 Å². The summed E-state index contributed by atoms with van der Waals surface area (Å²) in [4.78, 5) is 26.0. The predicted octanol–water partition coefficient (Wildman–Crippen LogP) is 2.49. The van der Waals surface area contributed by atoms with E-state index in [4.69, 9.17) is 9.15 Å². The number of ether oxygens (including phenoxy) is 1. The monoisotopic (exact) mass is 369 g/mol. The summed E-state index contributed by atoms with van der Waals surface area (Å²) < 4.78 is 12.9. The van der Waals surface area contributed by atoms with Gasteiger partial charge < -0.3 is 14.1 Å². The zero-order chi connectivity index (χ0) is 19.7. The van der Waals surface area contributed by atoms with Crippen LogP contribution in [0, 0.1) is 20.8 Å². The Kier molecular flexibility index (Phi) is 5.03. The van der Waals surface area contributed by atoms with Gasteiger partial charge in [-0.15, -0.1) is 0 Å². The van der Waals surface area contributed by atoms with Crippen LogP contribution < -0.4 is 10.4 Å². The molecule has 7 heteroatoms. The van der Waals surface area contributed by atoms with Crippen LogP contribution in [0.4, 0.5) is 0 Å². The van der Waals surface area contributed by atoms with Crippen LogP contribution in [0.3, 0.4) is 0 Å². The van der Waals surface area contributed by atoms with Crippen LogP contribution >= 0.6 is 0 Å². The number of likely N-dealkylation sites (N-methyl/N-ethyl adjacent to an activating group) is 1. The Morgan fingerprint density at radius 2 is 2.00 bits per heavy atom. The van der Waals surface area contributed by atoms with Crippen molar-refractivity contribution >= 4 is 16.9 Å². The summed E-state index contributed by atoms with van der Waals surface area (Å²) in [6, 6.07) is 3.65. The number of carbonyl (C=O) groups is 1. The van der Waals surface area contributed by atoms with Gasteiger partial charge in [0.25, 0.3) is 5.91 Å². The van der Waals surface area contributed by atoms with E-state index in [0.29, 0.717) is 23.4 Å². The van der Waals surface area contributed by atoms with E-state index in [1.165, 1.54) is 0 Å². The topological polar surface area (TPSA) is 77.6 Å². The molecule has 2 aromatic heterocycles. The van der Waals surface area contributed by atoms with E-state index in [9.17, 15) is 9.59 Å². The molecule has 0 saturated heterocycles. The number of hydrogen-bond acceptors (Lipinski definition) is 5. The number of aryl methyl sites for hydroxylation is 3. The number of hydrogen-bond donors (Lipinski definition) is 0. The van der Waals surface area contributed by atoms with Crippen LogP contribution in [-0.2, 0) is 18.4 Å². The molecule has 0 N–H and O–H groups in total. The van der Waals surface area contributed by atoms with Crippen molar-refractivity contribution in [2.75, 3.05) is 13.7 Å². The highest BCUT2D eigenvalue weighted by atomic mass is 16.5. The fourth-order valence-electron chi connectivity index (χ4n) is 2.97. The third kappa shape index (κ3) is 3.86. The molecule has 1 amide bonds. The third-order valence-corrected chi connectivity index (χ3v) is 4.61. The fraction of sp³-hybridized carbons (Fsp3) is 0.350. The van der Waals surface area contributed by atoms with Crippen molar-refractivity contribution in [1.82, 2.24) is 14.7 Å². The second-order valence-electron chi connectivity index (χ2n) is 6.84. The Labute approximate surface area is 157 Å². The number of benzene rings is 1. The first-order chi connectivity index (χ1) is 12.8. The number of amides is 1. The van der Waals surface area contributed by atoms with Gasteiger partial charge in [0, 0.05) is 38.0 Å². The molecule has 0 spiro atoms. The number of rotatable bonds is 5. The molecule has 0 radical (unpaired) electrons. The van der Waals surface area contributed by atoms with Crippen LogP contribution in [0.15, 0.2) is 33.7 Å². The quantitative estimate of drug-likeness (QED) is 0.646. The summed E-state index contributed by atoms with van der Waals surface area (Å²) in [5.41, 5.74) is 3.28. The van der Waals surface area contributed by atoms with Crippen LogP contribution in [0.1, 0.15) is 22.3 Å². The molecule has 0 aliphatic carbocycles. The second kappa shape index (κ2) is 7.26. The molecule has 27 heavy (non-hydrogen) atoms. The van der Waals surface area contributed by atoms with Crippen molar-refractivity contribution in [3.8, 4) is 5.75 Å². The van der Waals surface area contributed by atoms with Crippen molar-refractivity contribution in [2.45, 2.75) is 27.3 Å². The molecule has 3 rings (SSSR count). The normalized spacial score (nSPS) is 11.0. The molecule has 0 fully saturated rings. The van der Waals surface area contributed by atoms with E-state index >= 15 is 0 Å². The Bertz CT molecular complexity index is 1070. The Hall–Kier alpha value is -3.09. The van der Waals surface area contributed by atoms with Gasteiger partial charge in [0.1, 0.15) is 11.3 Å². The Balaban J connectivity index is 1.81. The summed E-state index contributed by atoms with van der Waals surface area (Å²) in [7, 11) is 3.56. The first-order valence-corrected chi connectivity index (χ1v) is 8.65. The van der Waals surface area contributed by atoms with E-state index in [1.54, 1.807) is 35.8 Å². The van der Waals surface area contributed by atoms with Crippen LogP contribution in [0.25, 0.3) is 11.0 Å². The van der Waals surface area contributed by atoms with Gasteiger partial charge in [-0.05, 0) is 44.0 Å². The summed E-state index contributed by atoms with van der Waals surface area (Å²) in [5.74, 6) is 0.387. The molecule has 0 saturated carbocycles. The fourth-order valence-corrected chi connectivity index (χ4v) is 2.97. The number of carbonyl (C=O) groups excluding carboxylic acids is 1. The zero-order valence-electron chi connectivity index (χ0n) is 16.2. The maximum Gasteiger partial charge on any atom is 0.339 e. The van der Waals surface area contributed by atoms with E-state index in [2.05, 4.69) is 5.10 Å². The standard InChI is InChI=1S/C20H23N3O4/c1-12-6-16(19-13(2)14(3)20(25)27-17(19)7-12)26-11-18(24)22(4)9-15-8-21-23(5)10-15/h6-8,10H,9,11H2,1-5H3. The Morgan fingerprint density at radius 1 is 1.26 bits per heavy atom. The summed E-state index contributed by atoms with van der Waals surface area (Å²) >= 11 is 0. The molecule has 0 aliphatic rings. The molecule has 1 aromatic carbocycles. The van der Waals surface area contributed by atoms with Crippen LogP contribution in [-0.4, -0.2) is 34.2 Å². The van der Waals surface area contributed by atoms with Gasteiger partial charge in [-0.2, -0.15) is 5.10 Å². The highest BCUT2D eigenvalue weighted by Gasteiger charge is 2.16. The molecule has 2 heterocycles. The third-order valence-electron chi connectivity index (χ3n) is 4.61. The molecule has 0 atom stereocenters. The largest absolute Gasteiger partial charge is 0.483 e. The summed E-state index contributed by atoms with van der Waals surface area (Å²) in [6.45, 7) is 5.81. The minimum atomic E-state index is -0.358. The van der Waals surface area contributed by atoms with E-state index < -0.39 is 0 Å². The number of fused-ring (bicyclic) bond motifs is 1. The lowest BCUT2D eigenvalue weighted by atomic mass is 10.0. The predicted molar refractivity (Wildman–Crippen MR) is 102 cm³/mol. The molecule has 0 bridgehead atoms. The van der Waals surface area contributed by atoms with Gasteiger partial charge in [0.15, 0.2) is 6.61 Å². The second-order valence-corrected chi connectivity index (χ2v) is 6.84. The molecule has 0 aliphatic heterocycles. The SMILES string of the molecule is Cc1cc(OCC(=O)N(C)Cc2cnn(C)c2)c2c(C)c(C)c(=O)oc2c1. The maximum absolute atomic E-state index is 12.5. The number of nitrogens with zero attached hydrogens (tertiary/aromatic N) is 3. The highest BCUT2D eigenvalue weighted by Crippen LogP contribution is 2.30. The lowest BCUT2D eigenvalue weighted by molar-refractivity contribution is -0.132. The van der Waals surface area contributed by atoms with Crippen molar-refractivity contribution < 1.29 is 13.9 Å². The van der Waals surface area contributed by atoms with Gasteiger partial charge in [-0.25, -0.2) is 4.79 Å². The minimum absolute atomic E-state index is 0.104. The average molecular weight is 369 g/mol. The minimum Gasteiger partial charge on any atom is -0.483 e. The molecule has 0 unspecified atom stereocenters. The maximum atomic E-state index is 12.5. The zero-order valence-corrected chi connectivity index (χ0v) is 16.2. The first-order valence-electron chi connectivity index (χ1n) is 8.65. The van der Waals surface area contributed by atoms with Gasteiger partial charge in [0.2, 0.25) is 0 Å². The molecular weight excluding hydrogens is 346 g/mol. The average Bonchev–Trinajstić information content (AvgIpc) is 3.01. The van der Waals surface area contributed by atoms with Crippen molar-refractivity contribution in [3.05, 3.63) is 57.2 Å². The van der Waals surface area contributed by atoms with Crippen molar-refractivity contribution in [3.63, 3.8) is 0 Å². The molecule has 142 valence electrons. The van der Waals surface area contributed by atoms with Gasteiger partial charge >= 0.3 is 5.63 Å². The number of aromatic nitrogens is 2. The van der Waals surface area contributed by atoms with Crippen LogP contribution in [0.5, 0.6) is 5.75 Å². The highest BCUT2D eigenvalue weighted by molar-refractivity contribution is 5.88. The first kappa shape index (κ1) is 18.7. The van der Waals surface area contributed by atoms with Crippen molar-refractivity contribution in [1.29, 1.82) is 0 Å². The lowest BCUT2D eigenvalue weighted by Gasteiger charge is -2.18. The van der Waals surface area contributed by atoms with E-state index in [-0.39, 0.29) is 18.1 Å².